The van der Waals surface area contributed by atoms with Crippen molar-refractivity contribution in [3.05, 3.63) is 18.2 Å². The maximum absolute atomic E-state index is 11.4. The number of sulfonamides is 1. The van der Waals surface area contributed by atoms with Crippen LogP contribution >= 0.6 is 12.6 Å². The molecular weight excluding hydrogens is 208 g/mol. The highest BCUT2D eigenvalue weighted by Crippen LogP contribution is 2.24. The van der Waals surface area contributed by atoms with Gasteiger partial charge in [0.2, 0.25) is 10.0 Å². The smallest absolute Gasteiger partial charge is 0.243 e. The first kappa shape index (κ1) is 10.4. The van der Waals surface area contributed by atoms with Gasteiger partial charge in [0.15, 0.2) is 0 Å². The third-order valence-electron chi connectivity index (χ3n) is 1.56. The number of hydrogen-bond donors (Lipinski definition) is 3. The first-order chi connectivity index (χ1) is 5.99. The van der Waals surface area contributed by atoms with Gasteiger partial charge in [-0.3, -0.25) is 0 Å². The lowest BCUT2D eigenvalue weighted by atomic mass is 10.3. The largest absolute Gasteiger partial charge is 0.398 e. The van der Waals surface area contributed by atoms with Crippen molar-refractivity contribution in [3.63, 3.8) is 0 Å². The van der Waals surface area contributed by atoms with Crippen LogP contribution in [0.4, 0.5) is 5.69 Å². The molecule has 0 radical (unpaired) electrons. The molecule has 0 aliphatic carbocycles. The van der Waals surface area contributed by atoms with Gasteiger partial charge in [-0.1, -0.05) is 6.07 Å². The van der Waals surface area contributed by atoms with E-state index in [1.807, 2.05) is 0 Å². The number of rotatable bonds is 2. The van der Waals surface area contributed by atoms with E-state index in [0.717, 1.165) is 0 Å². The molecular formula is C7H10N2O2S2. The van der Waals surface area contributed by atoms with Crippen LogP contribution in [0.2, 0.25) is 0 Å². The summed E-state index contributed by atoms with van der Waals surface area (Å²) >= 11 is 4.02. The van der Waals surface area contributed by atoms with Crippen molar-refractivity contribution in [2.24, 2.45) is 0 Å². The van der Waals surface area contributed by atoms with Gasteiger partial charge in [0.05, 0.1) is 5.69 Å². The highest BCUT2D eigenvalue weighted by Gasteiger charge is 2.17. The minimum absolute atomic E-state index is 0.0285. The molecule has 0 aromatic heterocycles. The molecule has 0 atom stereocenters. The van der Waals surface area contributed by atoms with Crippen LogP contribution in [0.5, 0.6) is 0 Å². The highest BCUT2D eigenvalue weighted by molar-refractivity contribution is 7.90. The second-order valence-electron chi connectivity index (χ2n) is 2.40. The lowest BCUT2D eigenvalue weighted by molar-refractivity contribution is 0.586. The van der Waals surface area contributed by atoms with Crippen LogP contribution < -0.4 is 10.5 Å². The average Bonchev–Trinajstić information content (AvgIpc) is 2.03. The molecule has 0 unspecified atom stereocenters. The Hall–Kier alpha value is -0.720. The van der Waals surface area contributed by atoms with E-state index in [0.29, 0.717) is 4.90 Å². The standard InChI is InChI=1S/C7H10N2O2S2/c1-9-13(10,11)7-5(8)3-2-4-6(7)12/h2-4,9,12H,8H2,1H3. The molecule has 0 amide bonds. The van der Waals surface area contributed by atoms with Crippen LogP contribution in [0.3, 0.4) is 0 Å². The van der Waals surface area contributed by atoms with Gasteiger partial charge in [0.25, 0.3) is 0 Å². The Labute approximate surface area is 82.6 Å². The van der Waals surface area contributed by atoms with Gasteiger partial charge in [-0.25, -0.2) is 13.1 Å². The Morgan fingerprint density at radius 2 is 2.08 bits per heavy atom. The van der Waals surface area contributed by atoms with Crippen molar-refractivity contribution < 1.29 is 8.42 Å². The minimum Gasteiger partial charge on any atom is -0.398 e. The number of thiol groups is 1. The number of anilines is 1. The van der Waals surface area contributed by atoms with E-state index >= 15 is 0 Å². The quantitative estimate of drug-likeness (QED) is 0.499. The van der Waals surface area contributed by atoms with E-state index in [-0.39, 0.29) is 10.6 Å². The van der Waals surface area contributed by atoms with Crippen molar-refractivity contribution in [2.45, 2.75) is 9.79 Å². The number of hydrogen-bond acceptors (Lipinski definition) is 4. The van der Waals surface area contributed by atoms with Gasteiger partial charge in [0, 0.05) is 4.90 Å². The SMILES string of the molecule is CNS(=O)(=O)c1c(N)cccc1S. The number of benzene rings is 1. The summed E-state index contributed by atoms with van der Waals surface area (Å²) in [5.74, 6) is 0. The Morgan fingerprint density at radius 3 is 2.54 bits per heavy atom. The predicted octanol–water partition coefficient (Wildman–Crippen LogP) is 0.466. The predicted molar refractivity (Wildman–Crippen MR) is 54.4 cm³/mol. The van der Waals surface area contributed by atoms with Gasteiger partial charge in [-0.15, -0.1) is 12.6 Å². The fraction of sp³-hybridized carbons (Fsp3) is 0.143. The maximum Gasteiger partial charge on any atom is 0.243 e. The van der Waals surface area contributed by atoms with Gasteiger partial charge in [0.1, 0.15) is 4.90 Å². The first-order valence-corrected chi connectivity index (χ1v) is 5.43. The number of nitrogens with two attached hydrogens (primary N) is 1. The summed E-state index contributed by atoms with van der Waals surface area (Å²) in [6, 6.07) is 4.74. The molecule has 1 aromatic carbocycles. The molecule has 6 heteroatoms. The summed E-state index contributed by atoms with van der Waals surface area (Å²) in [4.78, 5) is 0.371. The monoisotopic (exact) mass is 218 g/mol. The summed E-state index contributed by atoms with van der Waals surface area (Å²) in [7, 11) is -2.18. The van der Waals surface area contributed by atoms with Crippen molar-refractivity contribution in [1.29, 1.82) is 0 Å². The van der Waals surface area contributed by atoms with Crippen molar-refractivity contribution in [1.82, 2.24) is 4.72 Å². The van der Waals surface area contributed by atoms with Gasteiger partial charge in [-0.2, -0.15) is 0 Å². The molecule has 0 aliphatic rings. The van der Waals surface area contributed by atoms with Gasteiger partial charge < -0.3 is 5.73 Å². The van der Waals surface area contributed by atoms with E-state index in [9.17, 15) is 8.42 Å². The topological polar surface area (TPSA) is 72.2 Å². The lowest BCUT2D eigenvalue weighted by Gasteiger charge is -2.07. The van der Waals surface area contributed by atoms with Gasteiger partial charge in [-0.05, 0) is 19.2 Å². The van der Waals surface area contributed by atoms with Crippen LogP contribution in [0, 0.1) is 0 Å². The molecule has 0 fully saturated rings. The maximum atomic E-state index is 11.4. The molecule has 1 aromatic rings. The molecule has 1 rings (SSSR count). The van der Waals surface area contributed by atoms with Crippen LogP contribution in [0.1, 0.15) is 0 Å². The molecule has 0 bridgehead atoms. The first-order valence-electron chi connectivity index (χ1n) is 3.50. The summed E-state index contributed by atoms with van der Waals surface area (Å²) in [6.45, 7) is 0. The summed E-state index contributed by atoms with van der Waals surface area (Å²) in [5, 5.41) is 0. The Balaban J connectivity index is 3.46. The molecule has 0 spiro atoms. The summed E-state index contributed by atoms with van der Waals surface area (Å²) in [6.07, 6.45) is 0. The second kappa shape index (κ2) is 3.57. The van der Waals surface area contributed by atoms with Gasteiger partial charge >= 0.3 is 0 Å². The fourth-order valence-electron chi connectivity index (χ4n) is 0.937. The number of nitrogens with one attached hydrogen (secondary N) is 1. The zero-order valence-electron chi connectivity index (χ0n) is 6.98. The molecule has 72 valence electrons. The van der Waals surface area contributed by atoms with E-state index in [1.54, 1.807) is 12.1 Å². The molecule has 0 saturated carbocycles. The summed E-state index contributed by atoms with van der Waals surface area (Å²) < 4.78 is 25.0. The average molecular weight is 218 g/mol. The Bertz CT molecular complexity index is 394. The molecule has 0 aliphatic heterocycles. The normalized spacial score (nSPS) is 11.5. The van der Waals surface area contributed by atoms with Crippen LogP contribution in [0.25, 0.3) is 0 Å². The van der Waals surface area contributed by atoms with Crippen molar-refractivity contribution >= 4 is 28.3 Å². The Morgan fingerprint density at radius 1 is 1.46 bits per heavy atom. The molecule has 0 saturated heterocycles. The second-order valence-corrected chi connectivity index (χ2v) is 4.71. The van der Waals surface area contributed by atoms with E-state index < -0.39 is 10.0 Å². The molecule has 13 heavy (non-hydrogen) atoms. The van der Waals surface area contributed by atoms with E-state index in [1.165, 1.54) is 13.1 Å². The zero-order valence-corrected chi connectivity index (χ0v) is 8.69. The van der Waals surface area contributed by atoms with Crippen LogP contribution in [0.15, 0.2) is 28.0 Å². The van der Waals surface area contributed by atoms with Crippen molar-refractivity contribution in [3.8, 4) is 0 Å². The van der Waals surface area contributed by atoms with E-state index in [2.05, 4.69) is 17.4 Å². The lowest BCUT2D eigenvalue weighted by Crippen LogP contribution is -2.20. The fourth-order valence-corrected chi connectivity index (χ4v) is 2.44. The van der Waals surface area contributed by atoms with Crippen molar-refractivity contribution in [2.75, 3.05) is 12.8 Å². The molecule has 0 heterocycles. The summed E-state index contributed by atoms with van der Waals surface area (Å²) in [5.41, 5.74) is 5.71. The van der Waals surface area contributed by atoms with Crippen LogP contribution in [-0.2, 0) is 10.0 Å². The Kier molecular flexibility index (Phi) is 2.84. The third-order valence-corrected chi connectivity index (χ3v) is 3.62. The molecule has 3 N–H and O–H groups in total. The zero-order chi connectivity index (χ0) is 10.1. The highest BCUT2D eigenvalue weighted by atomic mass is 32.2. The third kappa shape index (κ3) is 1.96. The number of nitrogen functional groups attached to an aromatic ring is 1. The minimum atomic E-state index is -3.51. The van der Waals surface area contributed by atoms with E-state index in [4.69, 9.17) is 5.73 Å². The molecule has 4 nitrogen and oxygen atoms in total. The van der Waals surface area contributed by atoms with Crippen LogP contribution in [-0.4, -0.2) is 15.5 Å².